The number of hydrogen-bond donors (Lipinski definition) is 0. The van der Waals surface area contributed by atoms with E-state index in [4.69, 9.17) is 28.2 Å². The molecule has 0 atom stereocenters. The van der Waals surface area contributed by atoms with Gasteiger partial charge in [0.2, 0.25) is 16.0 Å². The van der Waals surface area contributed by atoms with Gasteiger partial charge in [-0.3, -0.25) is 0 Å². The van der Waals surface area contributed by atoms with Crippen molar-refractivity contribution in [2.24, 2.45) is 0 Å². The molecule has 31 heavy (non-hydrogen) atoms. The first kappa shape index (κ1) is 22.5. The summed E-state index contributed by atoms with van der Waals surface area (Å²) in [5.41, 5.74) is 0.902. The minimum absolute atomic E-state index is 0.0410. The van der Waals surface area contributed by atoms with Crippen LogP contribution in [0.25, 0.3) is 0 Å². The summed E-state index contributed by atoms with van der Waals surface area (Å²) in [7, 11) is -1.60. The van der Waals surface area contributed by atoms with Crippen LogP contribution in [0.5, 0.6) is 0 Å². The third-order valence-corrected chi connectivity index (χ3v) is 8.30. The second-order valence-electron chi connectivity index (χ2n) is 7.92. The topological polar surface area (TPSA) is 72.9 Å². The van der Waals surface area contributed by atoms with E-state index in [-0.39, 0.29) is 9.92 Å². The molecule has 1 aromatic carbocycles. The summed E-state index contributed by atoms with van der Waals surface area (Å²) >= 11 is 12.1. The van der Waals surface area contributed by atoms with Gasteiger partial charge in [-0.2, -0.15) is 9.29 Å². The van der Waals surface area contributed by atoms with Crippen LogP contribution in [0.15, 0.2) is 29.2 Å². The van der Waals surface area contributed by atoms with E-state index in [0.717, 1.165) is 37.7 Å². The van der Waals surface area contributed by atoms with E-state index in [2.05, 4.69) is 21.8 Å². The first-order valence-electron chi connectivity index (χ1n) is 10.2. The monoisotopic (exact) mass is 484 g/mol. The Kier molecular flexibility index (Phi) is 6.60. The Morgan fingerprint density at radius 3 is 2.19 bits per heavy atom. The fraction of sp³-hybridized carbons (Fsp3) is 0.500. The average molecular weight is 485 g/mol. The fourth-order valence-electron chi connectivity index (χ4n) is 3.82. The summed E-state index contributed by atoms with van der Waals surface area (Å²) in [6.07, 6.45) is 0. The van der Waals surface area contributed by atoms with Crippen LogP contribution in [0.3, 0.4) is 0 Å². The Labute approximate surface area is 193 Å². The molecule has 0 bridgehead atoms. The van der Waals surface area contributed by atoms with Crippen molar-refractivity contribution in [1.82, 2.24) is 19.2 Å². The number of aromatic nitrogens is 2. The summed E-state index contributed by atoms with van der Waals surface area (Å²) in [6.45, 7) is 7.48. The van der Waals surface area contributed by atoms with Gasteiger partial charge in [-0.1, -0.05) is 23.2 Å². The molecule has 3 heterocycles. The molecule has 2 saturated heterocycles. The lowest BCUT2D eigenvalue weighted by molar-refractivity contribution is 0.312. The van der Waals surface area contributed by atoms with E-state index in [1.54, 1.807) is 6.07 Å². The summed E-state index contributed by atoms with van der Waals surface area (Å²) < 4.78 is 27.6. The summed E-state index contributed by atoms with van der Waals surface area (Å²) in [6, 6.07) is 6.50. The Morgan fingerprint density at radius 2 is 1.52 bits per heavy atom. The number of benzene rings is 1. The Morgan fingerprint density at radius 1 is 0.871 bits per heavy atom. The number of nitrogens with zero attached hydrogens (tertiary/aromatic N) is 6. The molecule has 0 radical (unpaired) electrons. The fourth-order valence-corrected chi connectivity index (χ4v) is 5.98. The van der Waals surface area contributed by atoms with Gasteiger partial charge < -0.3 is 14.7 Å². The second-order valence-corrected chi connectivity index (χ2v) is 10.7. The third kappa shape index (κ3) is 4.90. The molecule has 0 saturated carbocycles. The highest BCUT2D eigenvalue weighted by atomic mass is 35.5. The van der Waals surface area contributed by atoms with Crippen molar-refractivity contribution < 1.29 is 8.42 Å². The van der Waals surface area contributed by atoms with E-state index in [9.17, 15) is 8.42 Å². The van der Waals surface area contributed by atoms with Gasteiger partial charge in [0.15, 0.2) is 0 Å². The van der Waals surface area contributed by atoms with E-state index in [1.165, 1.54) is 16.4 Å². The highest BCUT2D eigenvalue weighted by Gasteiger charge is 2.31. The molecule has 0 aliphatic carbocycles. The number of anilines is 2. The van der Waals surface area contributed by atoms with Crippen molar-refractivity contribution in [3.05, 3.63) is 40.0 Å². The van der Waals surface area contributed by atoms with Crippen LogP contribution in [-0.4, -0.2) is 87.0 Å². The normalized spacial score (nSPS) is 19.1. The van der Waals surface area contributed by atoms with Crippen molar-refractivity contribution >= 4 is 45.0 Å². The Hall–Kier alpha value is -1.65. The van der Waals surface area contributed by atoms with Gasteiger partial charge in [-0.05, 0) is 32.2 Å². The van der Waals surface area contributed by atoms with E-state index < -0.39 is 10.0 Å². The van der Waals surface area contributed by atoms with Crippen LogP contribution in [0.2, 0.25) is 10.0 Å². The molecule has 0 spiro atoms. The molecule has 168 valence electrons. The summed E-state index contributed by atoms with van der Waals surface area (Å²) in [4.78, 5) is 16.1. The maximum Gasteiger partial charge on any atom is 0.244 e. The van der Waals surface area contributed by atoms with Crippen molar-refractivity contribution in [3.63, 3.8) is 0 Å². The minimum atomic E-state index is -3.72. The maximum atomic E-state index is 13.1. The van der Waals surface area contributed by atoms with E-state index in [1.807, 2.05) is 17.9 Å². The van der Waals surface area contributed by atoms with Crippen LogP contribution in [0.4, 0.5) is 11.8 Å². The molecule has 2 aliphatic rings. The molecule has 2 fully saturated rings. The van der Waals surface area contributed by atoms with Crippen molar-refractivity contribution in [2.75, 3.05) is 69.2 Å². The van der Waals surface area contributed by atoms with Crippen molar-refractivity contribution in [3.8, 4) is 0 Å². The molecule has 0 unspecified atom stereocenters. The largest absolute Gasteiger partial charge is 0.354 e. The smallest absolute Gasteiger partial charge is 0.244 e. The number of rotatable bonds is 4. The van der Waals surface area contributed by atoms with Gasteiger partial charge in [-0.25, -0.2) is 13.4 Å². The molecule has 8 nitrogen and oxygen atoms in total. The number of likely N-dealkylation sites (N-methyl/N-ethyl adjacent to an activating group) is 1. The zero-order valence-electron chi connectivity index (χ0n) is 17.6. The second kappa shape index (κ2) is 9.07. The summed E-state index contributed by atoms with van der Waals surface area (Å²) in [5.74, 6) is 1.57. The average Bonchev–Trinajstić information content (AvgIpc) is 2.75. The predicted octanol–water partition coefficient (Wildman–Crippen LogP) is 2.35. The standard InChI is InChI=1S/C20H26Cl2N6O2S/c1-15-13-19(26-7-5-25(2)6-8-26)24-20(23-15)27-9-11-28(12-10-27)31(29,30)18-14-16(21)3-4-17(18)22/h3-4,13-14H,5-12H2,1-2H3. The third-order valence-electron chi connectivity index (χ3n) is 5.69. The molecule has 4 rings (SSSR count). The molecule has 1 aromatic heterocycles. The summed E-state index contributed by atoms with van der Waals surface area (Å²) in [5, 5.41) is 0.511. The zero-order chi connectivity index (χ0) is 22.2. The van der Waals surface area contributed by atoms with Crippen LogP contribution >= 0.6 is 23.2 Å². The minimum Gasteiger partial charge on any atom is -0.354 e. The maximum absolute atomic E-state index is 13.1. The lowest BCUT2D eigenvalue weighted by atomic mass is 10.3. The molecule has 11 heteroatoms. The Balaban J connectivity index is 1.48. The molecule has 0 N–H and O–H groups in total. The lowest BCUT2D eigenvalue weighted by Crippen LogP contribution is -2.49. The van der Waals surface area contributed by atoms with Crippen LogP contribution in [0, 0.1) is 6.92 Å². The Bertz CT molecular complexity index is 1050. The van der Waals surface area contributed by atoms with Gasteiger partial charge in [0.05, 0.1) is 5.02 Å². The van der Waals surface area contributed by atoms with Crippen LogP contribution in [0.1, 0.15) is 5.69 Å². The number of sulfonamides is 1. The lowest BCUT2D eigenvalue weighted by Gasteiger charge is -2.36. The first-order valence-corrected chi connectivity index (χ1v) is 12.4. The van der Waals surface area contributed by atoms with Crippen molar-refractivity contribution in [2.45, 2.75) is 11.8 Å². The van der Waals surface area contributed by atoms with Crippen LogP contribution in [-0.2, 0) is 10.0 Å². The molecule has 2 aromatic rings. The van der Waals surface area contributed by atoms with Gasteiger partial charge in [0.25, 0.3) is 0 Å². The van der Waals surface area contributed by atoms with E-state index >= 15 is 0 Å². The quantitative estimate of drug-likeness (QED) is 0.659. The highest BCUT2D eigenvalue weighted by Crippen LogP contribution is 2.29. The van der Waals surface area contributed by atoms with Gasteiger partial charge in [-0.15, -0.1) is 0 Å². The predicted molar refractivity (Wildman–Crippen MR) is 124 cm³/mol. The van der Waals surface area contributed by atoms with Crippen molar-refractivity contribution in [1.29, 1.82) is 0 Å². The molecular weight excluding hydrogens is 459 g/mol. The number of aryl methyl sites for hydroxylation is 1. The first-order chi connectivity index (χ1) is 14.7. The van der Waals surface area contributed by atoms with Gasteiger partial charge in [0, 0.05) is 69.1 Å². The molecule has 2 aliphatic heterocycles. The van der Waals surface area contributed by atoms with Gasteiger partial charge in [0.1, 0.15) is 10.7 Å². The highest BCUT2D eigenvalue weighted by molar-refractivity contribution is 7.89. The molecular formula is C20H26Cl2N6O2S. The van der Waals surface area contributed by atoms with E-state index in [0.29, 0.717) is 37.1 Å². The van der Waals surface area contributed by atoms with Gasteiger partial charge >= 0.3 is 0 Å². The number of hydrogen-bond acceptors (Lipinski definition) is 7. The number of halogens is 2. The molecule has 0 amide bonds. The van der Waals surface area contributed by atoms with Crippen LogP contribution < -0.4 is 9.80 Å². The SMILES string of the molecule is Cc1cc(N2CCN(C)CC2)nc(N2CCN(S(=O)(=O)c3cc(Cl)ccc3Cl)CC2)n1. The number of piperazine rings is 2. The zero-order valence-corrected chi connectivity index (χ0v) is 20.0.